The van der Waals surface area contributed by atoms with Crippen molar-refractivity contribution in [3.8, 4) is 11.3 Å². The fourth-order valence-corrected chi connectivity index (χ4v) is 1.64. The molecule has 2 rings (SSSR count). The summed E-state index contributed by atoms with van der Waals surface area (Å²) in [5, 5.41) is 0. The van der Waals surface area contributed by atoms with E-state index in [2.05, 4.69) is 4.98 Å². The Morgan fingerprint density at radius 1 is 1.05 bits per heavy atom. The molecule has 0 atom stereocenters. The number of carbonyl (C=O) groups excluding carboxylic acids is 1. The third-order valence-corrected chi connectivity index (χ3v) is 2.60. The molecule has 0 amide bonds. The Morgan fingerprint density at radius 2 is 1.79 bits per heavy atom. The Kier molecular flexibility index (Phi) is 4.08. The fraction of sp³-hybridized carbons (Fsp3) is 0.125. The summed E-state index contributed by atoms with van der Waals surface area (Å²) in [5.41, 5.74) is 2.28. The molecule has 3 nitrogen and oxygen atoms in total. The van der Waals surface area contributed by atoms with Gasteiger partial charge in [0, 0.05) is 31.9 Å². The minimum atomic E-state index is -0.0912. The number of benzene rings is 1. The maximum absolute atomic E-state index is 12.0. The van der Waals surface area contributed by atoms with Crippen LogP contribution in [-0.4, -0.2) is 29.8 Å². The van der Waals surface area contributed by atoms with Crippen LogP contribution in [0.3, 0.4) is 0 Å². The van der Waals surface area contributed by atoms with Crippen molar-refractivity contribution in [2.75, 3.05) is 14.1 Å². The Bertz CT molecular complexity index is 589. The van der Waals surface area contributed by atoms with E-state index >= 15 is 0 Å². The molecule has 1 aromatic carbocycles. The van der Waals surface area contributed by atoms with Gasteiger partial charge < -0.3 is 4.90 Å². The van der Waals surface area contributed by atoms with Crippen LogP contribution in [0, 0.1) is 0 Å². The molecule has 0 saturated heterocycles. The molecule has 0 aliphatic rings. The lowest BCUT2D eigenvalue weighted by molar-refractivity contribution is 0.104. The van der Waals surface area contributed by atoms with Crippen LogP contribution >= 0.6 is 0 Å². The molecule has 1 aromatic heterocycles. The van der Waals surface area contributed by atoms with Crippen LogP contribution in [0.4, 0.5) is 0 Å². The SMILES string of the molecule is CN(C)C=CC(=O)c1cccc(-c2ccccc2)n1. The molecular weight excluding hydrogens is 236 g/mol. The second kappa shape index (κ2) is 5.96. The Labute approximate surface area is 113 Å². The first-order valence-corrected chi connectivity index (χ1v) is 6.08. The van der Waals surface area contributed by atoms with Crippen molar-refractivity contribution in [2.45, 2.75) is 0 Å². The molecule has 0 N–H and O–H groups in total. The number of hydrogen-bond acceptors (Lipinski definition) is 3. The molecule has 0 fully saturated rings. The monoisotopic (exact) mass is 252 g/mol. The lowest BCUT2D eigenvalue weighted by atomic mass is 10.1. The summed E-state index contributed by atoms with van der Waals surface area (Å²) in [4.78, 5) is 18.2. The Morgan fingerprint density at radius 3 is 2.47 bits per heavy atom. The van der Waals surface area contributed by atoms with Gasteiger partial charge in [0.05, 0.1) is 5.69 Å². The van der Waals surface area contributed by atoms with Crippen molar-refractivity contribution in [3.63, 3.8) is 0 Å². The van der Waals surface area contributed by atoms with Crippen LogP contribution in [0.1, 0.15) is 10.5 Å². The van der Waals surface area contributed by atoms with E-state index in [4.69, 9.17) is 0 Å². The number of hydrogen-bond donors (Lipinski definition) is 0. The highest BCUT2D eigenvalue weighted by atomic mass is 16.1. The quantitative estimate of drug-likeness (QED) is 0.619. The molecule has 0 bridgehead atoms. The molecule has 0 aliphatic heterocycles. The molecule has 3 heteroatoms. The second-order valence-corrected chi connectivity index (χ2v) is 4.42. The van der Waals surface area contributed by atoms with Crippen molar-refractivity contribution >= 4 is 5.78 Å². The highest BCUT2D eigenvalue weighted by Gasteiger charge is 2.05. The Balaban J connectivity index is 2.28. The van der Waals surface area contributed by atoms with Gasteiger partial charge in [-0.3, -0.25) is 4.79 Å². The summed E-state index contributed by atoms with van der Waals surface area (Å²) < 4.78 is 0. The van der Waals surface area contributed by atoms with Crippen molar-refractivity contribution in [3.05, 3.63) is 66.5 Å². The largest absolute Gasteiger partial charge is 0.383 e. The molecule has 1 heterocycles. The van der Waals surface area contributed by atoms with E-state index in [0.717, 1.165) is 11.3 Å². The summed E-state index contributed by atoms with van der Waals surface area (Å²) in [6.07, 6.45) is 3.25. The highest BCUT2D eigenvalue weighted by molar-refractivity contribution is 6.03. The third-order valence-electron chi connectivity index (χ3n) is 2.60. The van der Waals surface area contributed by atoms with Gasteiger partial charge in [-0.05, 0) is 12.1 Å². The topological polar surface area (TPSA) is 33.2 Å². The van der Waals surface area contributed by atoms with Crippen molar-refractivity contribution in [1.29, 1.82) is 0 Å². The molecule has 0 spiro atoms. The minimum Gasteiger partial charge on any atom is -0.383 e. The molecule has 0 radical (unpaired) electrons. The van der Waals surface area contributed by atoms with Gasteiger partial charge in [0.2, 0.25) is 5.78 Å². The minimum absolute atomic E-state index is 0.0912. The van der Waals surface area contributed by atoms with Crippen LogP contribution in [0.15, 0.2) is 60.8 Å². The third kappa shape index (κ3) is 3.52. The molecule has 0 saturated carbocycles. The molecule has 96 valence electrons. The van der Waals surface area contributed by atoms with E-state index in [0.29, 0.717) is 5.69 Å². The molecule has 2 aromatic rings. The molecule has 0 unspecified atom stereocenters. The zero-order valence-corrected chi connectivity index (χ0v) is 11.1. The first kappa shape index (κ1) is 13.0. The number of ketones is 1. The van der Waals surface area contributed by atoms with Gasteiger partial charge in [0.25, 0.3) is 0 Å². The standard InChI is InChI=1S/C16H16N2O/c1-18(2)12-11-16(19)15-10-6-9-14(17-15)13-7-4-3-5-8-13/h3-12H,1-2H3. The number of carbonyl (C=O) groups is 1. The van der Waals surface area contributed by atoms with Crippen molar-refractivity contribution in [1.82, 2.24) is 9.88 Å². The molecular formula is C16H16N2O. The van der Waals surface area contributed by atoms with E-state index in [-0.39, 0.29) is 5.78 Å². The van der Waals surface area contributed by atoms with Gasteiger partial charge in [-0.25, -0.2) is 4.98 Å². The summed E-state index contributed by atoms with van der Waals surface area (Å²) in [6, 6.07) is 15.3. The average Bonchev–Trinajstić information content (AvgIpc) is 2.46. The first-order valence-electron chi connectivity index (χ1n) is 6.08. The number of pyridine rings is 1. The maximum atomic E-state index is 12.0. The predicted molar refractivity (Wildman–Crippen MR) is 76.8 cm³/mol. The Hall–Kier alpha value is -2.42. The zero-order valence-electron chi connectivity index (χ0n) is 11.1. The van der Waals surface area contributed by atoms with Crippen LogP contribution in [0.25, 0.3) is 11.3 Å². The summed E-state index contributed by atoms with van der Waals surface area (Å²) in [7, 11) is 3.75. The lowest BCUT2D eigenvalue weighted by Crippen LogP contribution is -2.04. The first-order chi connectivity index (χ1) is 9.16. The number of allylic oxidation sites excluding steroid dienone is 1. The number of rotatable bonds is 4. The number of aromatic nitrogens is 1. The van der Waals surface area contributed by atoms with Crippen molar-refractivity contribution in [2.24, 2.45) is 0 Å². The average molecular weight is 252 g/mol. The van der Waals surface area contributed by atoms with Gasteiger partial charge in [-0.15, -0.1) is 0 Å². The lowest BCUT2D eigenvalue weighted by Gasteiger charge is -2.04. The van der Waals surface area contributed by atoms with E-state index in [1.807, 2.05) is 61.5 Å². The van der Waals surface area contributed by atoms with Gasteiger partial charge in [0.15, 0.2) is 0 Å². The summed E-state index contributed by atoms with van der Waals surface area (Å²) >= 11 is 0. The fourth-order valence-electron chi connectivity index (χ4n) is 1.64. The van der Waals surface area contributed by atoms with E-state index in [9.17, 15) is 4.79 Å². The van der Waals surface area contributed by atoms with E-state index in [1.165, 1.54) is 6.08 Å². The summed E-state index contributed by atoms with van der Waals surface area (Å²) in [6.45, 7) is 0. The smallest absolute Gasteiger partial charge is 0.205 e. The van der Waals surface area contributed by atoms with Crippen LogP contribution in [0.2, 0.25) is 0 Å². The summed E-state index contributed by atoms with van der Waals surface area (Å²) in [5.74, 6) is -0.0912. The van der Waals surface area contributed by atoms with Gasteiger partial charge in [0.1, 0.15) is 5.69 Å². The maximum Gasteiger partial charge on any atom is 0.205 e. The normalized spacial score (nSPS) is 10.6. The number of nitrogens with zero attached hydrogens (tertiary/aromatic N) is 2. The van der Waals surface area contributed by atoms with E-state index in [1.54, 1.807) is 12.3 Å². The molecule has 19 heavy (non-hydrogen) atoms. The van der Waals surface area contributed by atoms with Crippen LogP contribution < -0.4 is 0 Å². The van der Waals surface area contributed by atoms with Crippen molar-refractivity contribution < 1.29 is 4.79 Å². The molecule has 0 aliphatic carbocycles. The van der Waals surface area contributed by atoms with Crippen LogP contribution in [-0.2, 0) is 0 Å². The van der Waals surface area contributed by atoms with Gasteiger partial charge in [-0.1, -0.05) is 36.4 Å². The second-order valence-electron chi connectivity index (χ2n) is 4.42. The van der Waals surface area contributed by atoms with Crippen LogP contribution in [0.5, 0.6) is 0 Å². The van der Waals surface area contributed by atoms with Gasteiger partial charge in [-0.2, -0.15) is 0 Å². The van der Waals surface area contributed by atoms with Gasteiger partial charge >= 0.3 is 0 Å². The predicted octanol–water partition coefficient (Wildman–Crippen LogP) is 3.01. The van der Waals surface area contributed by atoms with E-state index < -0.39 is 0 Å². The zero-order chi connectivity index (χ0) is 13.7. The highest BCUT2D eigenvalue weighted by Crippen LogP contribution is 2.16.